The number of aromatic amines is 1. The number of carbonyl (C=O) groups is 2. The van der Waals surface area contributed by atoms with Crippen molar-refractivity contribution in [2.75, 3.05) is 18.8 Å². The van der Waals surface area contributed by atoms with Crippen molar-refractivity contribution in [1.29, 1.82) is 0 Å². The lowest BCUT2D eigenvalue weighted by Gasteiger charge is -2.30. The third kappa shape index (κ3) is 5.00. The molecule has 9 heteroatoms. The molecule has 0 atom stereocenters. The third-order valence-electron chi connectivity index (χ3n) is 4.76. The lowest BCUT2D eigenvalue weighted by molar-refractivity contribution is -0.132. The first-order valence-electron chi connectivity index (χ1n) is 8.93. The molecule has 0 aliphatic carbocycles. The van der Waals surface area contributed by atoms with E-state index < -0.39 is 0 Å². The summed E-state index contributed by atoms with van der Waals surface area (Å²) in [4.78, 5) is 37.4. The van der Waals surface area contributed by atoms with E-state index in [4.69, 9.17) is 5.73 Å². The van der Waals surface area contributed by atoms with Gasteiger partial charge in [0, 0.05) is 25.6 Å². The van der Waals surface area contributed by atoms with Gasteiger partial charge in [0.2, 0.25) is 11.8 Å². The highest BCUT2D eigenvalue weighted by Gasteiger charge is 2.26. The number of carbonyl (C=O) groups excluding carboxylic acids is 2. The summed E-state index contributed by atoms with van der Waals surface area (Å²) < 4.78 is 1.56. The van der Waals surface area contributed by atoms with Crippen LogP contribution in [0.1, 0.15) is 18.4 Å². The molecule has 0 radical (unpaired) electrons. The molecule has 1 aromatic heterocycles. The standard InChI is InChI=1S/C18H23N5O3S/c19-16(25)14-7-9-22(10-8-14)15(24)12-27-18-21-20-17(26)23(18)11-6-13-4-2-1-3-5-13/h1-5,14H,6-12H2,(H2,19,25)(H,20,26). The number of hydrogen-bond donors (Lipinski definition) is 2. The molecule has 1 fully saturated rings. The van der Waals surface area contributed by atoms with Crippen molar-refractivity contribution in [1.82, 2.24) is 19.7 Å². The second-order valence-electron chi connectivity index (χ2n) is 6.54. The van der Waals surface area contributed by atoms with E-state index in [1.807, 2.05) is 30.3 Å². The van der Waals surface area contributed by atoms with Gasteiger partial charge >= 0.3 is 5.69 Å². The van der Waals surface area contributed by atoms with Gasteiger partial charge in [-0.05, 0) is 24.8 Å². The average molecular weight is 389 g/mol. The Labute approximate surface area is 161 Å². The number of nitrogens with zero attached hydrogens (tertiary/aromatic N) is 3. The number of aryl methyl sites for hydroxylation is 1. The van der Waals surface area contributed by atoms with Crippen LogP contribution < -0.4 is 11.4 Å². The molecule has 3 rings (SSSR count). The predicted molar refractivity (Wildman–Crippen MR) is 102 cm³/mol. The van der Waals surface area contributed by atoms with Crippen molar-refractivity contribution in [3.63, 3.8) is 0 Å². The summed E-state index contributed by atoms with van der Waals surface area (Å²) in [5, 5.41) is 7.00. The number of amides is 2. The lowest BCUT2D eigenvalue weighted by Crippen LogP contribution is -2.42. The van der Waals surface area contributed by atoms with E-state index in [-0.39, 0.29) is 29.2 Å². The Hall–Kier alpha value is -2.55. The zero-order chi connectivity index (χ0) is 19.2. The Morgan fingerprint density at radius 1 is 1.22 bits per heavy atom. The summed E-state index contributed by atoms with van der Waals surface area (Å²) in [5.41, 5.74) is 6.18. The molecule has 0 unspecified atom stereocenters. The number of hydrogen-bond acceptors (Lipinski definition) is 5. The molecule has 1 aliphatic rings. The molecule has 2 heterocycles. The van der Waals surface area contributed by atoms with Crippen LogP contribution in [-0.4, -0.2) is 50.3 Å². The van der Waals surface area contributed by atoms with Crippen LogP contribution in [0.15, 0.2) is 40.3 Å². The topological polar surface area (TPSA) is 114 Å². The fourth-order valence-electron chi connectivity index (χ4n) is 3.13. The van der Waals surface area contributed by atoms with E-state index in [9.17, 15) is 14.4 Å². The van der Waals surface area contributed by atoms with Crippen molar-refractivity contribution >= 4 is 23.6 Å². The first kappa shape index (κ1) is 19.2. The SMILES string of the molecule is NC(=O)C1CCN(C(=O)CSc2n[nH]c(=O)n2CCc2ccccc2)CC1. The highest BCUT2D eigenvalue weighted by atomic mass is 32.2. The van der Waals surface area contributed by atoms with E-state index >= 15 is 0 Å². The van der Waals surface area contributed by atoms with E-state index in [0.717, 1.165) is 5.56 Å². The van der Waals surface area contributed by atoms with Gasteiger partial charge in [-0.2, -0.15) is 0 Å². The maximum absolute atomic E-state index is 12.4. The summed E-state index contributed by atoms with van der Waals surface area (Å²) >= 11 is 1.25. The van der Waals surface area contributed by atoms with Crippen molar-refractivity contribution in [3.8, 4) is 0 Å². The van der Waals surface area contributed by atoms with Gasteiger partial charge in [0.05, 0.1) is 5.75 Å². The number of aromatic nitrogens is 3. The van der Waals surface area contributed by atoms with E-state index in [2.05, 4.69) is 10.2 Å². The molecule has 1 aromatic carbocycles. The van der Waals surface area contributed by atoms with Gasteiger partial charge in [-0.15, -0.1) is 5.10 Å². The number of benzene rings is 1. The zero-order valence-electron chi connectivity index (χ0n) is 15.0. The highest BCUT2D eigenvalue weighted by molar-refractivity contribution is 7.99. The van der Waals surface area contributed by atoms with Crippen LogP contribution >= 0.6 is 11.8 Å². The van der Waals surface area contributed by atoms with Crippen molar-refractivity contribution in [2.45, 2.75) is 31.0 Å². The Bertz CT molecular complexity index is 840. The quantitative estimate of drug-likeness (QED) is 0.674. The van der Waals surface area contributed by atoms with Gasteiger partial charge in [0.25, 0.3) is 0 Å². The van der Waals surface area contributed by atoms with Crippen LogP contribution in [0.2, 0.25) is 0 Å². The van der Waals surface area contributed by atoms with Crippen molar-refractivity contribution in [3.05, 3.63) is 46.4 Å². The largest absolute Gasteiger partial charge is 0.369 e. The van der Waals surface area contributed by atoms with Gasteiger partial charge in [0.1, 0.15) is 0 Å². The molecule has 27 heavy (non-hydrogen) atoms. The maximum Gasteiger partial charge on any atom is 0.343 e. The number of primary amides is 1. The molecule has 3 N–H and O–H groups in total. The van der Waals surface area contributed by atoms with Crippen molar-refractivity contribution < 1.29 is 9.59 Å². The lowest BCUT2D eigenvalue weighted by atomic mass is 9.96. The third-order valence-corrected chi connectivity index (χ3v) is 5.73. The van der Waals surface area contributed by atoms with Gasteiger partial charge in [-0.1, -0.05) is 42.1 Å². The molecule has 0 bridgehead atoms. The van der Waals surface area contributed by atoms with Crippen LogP contribution in [0.5, 0.6) is 0 Å². The van der Waals surface area contributed by atoms with Crippen LogP contribution in [0.4, 0.5) is 0 Å². The molecule has 144 valence electrons. The first-order chi connectivity index (χ1) is 13.0. The average Bonchev–Trinajstić information content (AvgIpc) is 3.05. The summed E-state index contributed by atoms with van der Waals surface area (Å²) in [6.07, 6.45) is 1.92. The number of nitrogens with two attached hydrogens (primary N) is 1. The Kier molecular flexibility index (Phi) is 6.33. The molecular weight excluding hydrogens is 366 g/mol. The van der Waals surface area contributed by atoms with Gasteiger partial charge in [-0.3, -0.25) is 14.2 Å². The van der Waals surface area contributed by atoms with Crippen LogP contribution in [-0.2, 0) is 22.6 Å². The molecule has 2 amide bonds. The monoisotopic (exact) mass is 389 g/mol. The molecule has 8 nitrogen and oxygen atoms in total. The molecule has 0 spiro atoms. The molecular formula is C18H23N5O3S. The Morgan fingerprint density at radius 2 is 1.93 bits per heavy atom. The summed E-state index contributed by atoms with van der Waals surface area (Å²) in [7, 11) is 0. The Morgan fingerprint density at radius 3 is 2.59 bits per heavy atom. The zero-order valence-corrected chi connectivity index (χ0v) is 15.8. The number of piperidine rings is 1. The second-order valence-corrected chi connectivity index (χ2v) is 7.49. The van der Waals surface area contributed by atoms with Crippen LogP contribution in [0.25, 0.3) is 0 Å². The maximum atomic E-state index is 12.4. The van der Waals surface area contributed by atoms with Gasteiger partial charge < -0.3 is 10.6 Å². The summed E-state index contributed by atoms with van der Waals surface area (Å²) in [5.74, 6) is -0.253. The fourth-order valence-corrected chi connectivity index (χ4v) is 4.00. The number of rotatable bonds is 7. The smallest absolute Gasteiger partial charge is 0.343 e. The van der Waals surface area contributed by atoms with Gasteiger partial charge in [0.15, 0.2) is 5.16 Å². The van der Waals surface area contributed by atoms with Crippen LogP contribution in [0.3, 0.4) is 0 Å². The molecule has 1 aliphatic heterocycles. The van der Waals surface area contributed by atoms with Crippen molar-refractivity contribution in [2.24, 2.45) is 11.7 Å². The second kappa shape index (κ2) is 8.90. The number of H-pyrrole nitrogens is 1. The highest BCUT2D eigenvalue weighted by Crippen LogP contribution is 2.19. The molecule has 0 saturated carbocycles. The minimum Gasteiger partial charge on any atom is -0.369 e. The molecule has 2 aromatic rings. The van der Waals surface area contributed by atoms with E-state index in [0.29, 0.717) is 44.1 Å². The summed E-state index contributed by atoms with van der Waals surface area (Å²) in [6.45, 7) is 1.57. The predicted octanol–water partition coefficient (Wildman–Crippen LogP) is 0.630. The fraction of sp³-hybridized carbons (Fsp3) is 0.444. The minimum atomic E-state index is -0.296. The first-order valence-corrected chi connectivity index (χ1v) is 9.92. The normalized spacial score (nSPS) is 15.0. The Balaban J connectivity index is 1.53. The number of likely N-dealkylation sites (tertiary alicyclic amines) is 1. The van der Waals surface area contributed by atoms with E-state index in [1.165, 1.54) is 11.8 Å². The van der Waals surface area contributed by atoms with Gasteiger partial charge in [-0.25, -0.2) is 9.89 Å². The number of thioether (sulfide) groups is 1. The minimum absolute atomic E-state index is 0.0204. The summed E-state index contributed by atoms with van der Waals surface area (Å²) in [6, 6.07) is 9.90. The molecule has 1 saturated heterocycles. The van der Waals surface area contributed by atoms with E-state index in [1.54, 1.807) is 9.47 Å². The number of nitrogens with one attached hydrogen (secondary N) is 1. The van der Waals surface area contributed by atoms with Crippen LogP contribution in [0, 0.1) is 5.92 Å².